The number of rotatable bonds is 4. The van der Waals surface area contributed by atoms with Crippen LogP contribution in [-0.2, 0) is 4.79 Å². The van der Waals surface area contributed by atoms with E-state index in [1.807, 2.05) is 24.4 Å². The predicted molar refractivity (Wildman–Crippen MR) is 116 cm³/mol. The molecular formula is C21H29Cl2N3O2. The van der Waals surface area contributed by atoms with Crippen LogP contribution in [0.5, 0.6) is 0 Å². The Labute approximate surface area is 178 Å². The van der Waals surface area contributed by atoms with E-state index in [1.54, 1.807) is 0 Å². The van der Waals surface area contributed by atoms with Crippen LogP contribution in [0, 0.1) is 11.3 Å². The fourth-order valence-corrected chi connectivity index (χ4v) is 4.15. The van der Waals surface area contributed by atoms with Gasteiger partial charge in [-0.3, -0.25) is 9.78 Å². The molecule has 1 unspecified atom stereocenters. The molecule has 2 heterocycles. The SMILES string of the molecule is CC1(C(=O)NC(c2cnc3ccccc3c2)C2CC(O)C2)CCNCC1.Cl.Cl. The Balaban J connectivity index is 0.00000140. The number of amides is 1. The normalized spacial score (nSPS) is 24.2. The maximum atomic E-state index is 13.1. The Morgan fingerprint density at radius 3 is 2.61 bits per heavy atom. The molecular weight excluding hydrogens is 397 g/mol. The number of nitrogens with one attached hydrogen (secondary N) is 2. The van der Waals surface area contributed by atoms with Crippen LogP contribution in [0.3, 0.4) is 0 Å². The number of benzene rings is 1. The number of nitrogens with zero attached hydrogens (tertiary/aromatic N) is 1. The molecule has 0 bridgehead atoms. The first kappa shape index (κ1) is 22.9. The number of piperidine rings is 1. The molecule has 1 aromatic heterocycles. The van der Waals surface area contributed by atoms with Crippen molar-refractivity contribution in [3.05, 3.63) is 42.1 Å². The van der Waals surface area contributed by atoms with Gasteiger partial charge in [0.2, 0.25) is 5.91 Å². The molecule has 1 aliphatic carbocycles. The quantitative estimate of drug-likeness (QED) is 0.701. The van der Waals surface area contributed by atoms with Crippen molar-refractivity contribution in [1.29, 1.82) is 0 Å². The fourth-order valence-electron chi connectivity index (χ4n) is 4.15. The van der Waals surface area contributed by atoms with E-state index in [0.29, 0.717) is 0 Å². The number of aliphatic hydroxyl groups excluding tert-OH is 1. The predicted octanol–water partition coefficient (Wildman–Crippen LogP) is 3.40. The standard InChI is InChI=1S/C21H27N3O2.2ClH/c1-21(6-8-22-9-7-21)20(26)24-19(15-11-17(25)12-15)16-10-14-4-2-3-5-18(14)23-13-16;;/h2-5,10,13,15,17,19,22,25H,6-9,11-12H2,1H3,(H,24,26);2*1H. The maximum absolute atomic E-state index is 13.1. The van der Waals surface area contributed by atoms with Gasteiger partial charge in [-0.2, -0.15) is 0 Å². The number of hydrogen-bond acceptors (Lipinski definition) is 4. The second-order valence-electron chi connectivity index (χ2n) is 8.11. The van der Waals surface area contributed by atoms with Crippen LogP contribution in [0.25, 0.3) is 10.9 Å². The lowest BCUT2D eigenvalue weighted by molar-refractivity contribution is -0.133. The first-order chi connectivity index (χ1) is 12.5. The number of pyridine rings is 1. The monoisotopic (exact) mass is 425 g/mol. The number of aliphatic hydroxyl groups is 1. The average Bonchev–Trinajstić information content (AvgIpc) is 2.64. The van der Waals surface area contributed by atoms with Gasteiger partial charge in [0.15, 0.2) is 0 Å². The molecule has 0 spiro atoms. The molecule has 1 atom stereocenters. The molecule has 1 saturated carbocycles. The molecule has 2 aromatic rings. The highest BCUT2D eigenvalue weighted by molar-refractivity contribution is 5.85. The van der Waals surface area contributed by atoms with E-state index in [4.69, 9.17) is 0 Å². The van der Waals surface area contributed by atoms with Crippen LogP contribution in [-0.4, -0.2) is 35.2 Å². The number of fused-ring (bicyclic) bond motifs is 1. The van der Waals surface area contributed by atoms with Crippen LogP contribution in [0.1, 0.15) is 44.2 Å². The van der Waals surface area contributed by atoms with Gasteiger partial charge in [-0.25, -0.2) is 0 Å². The summed E-state index contributed by atoms with van der Waals surface area (Å²) < 4.78 is 0. The third kappa shape index (κ3) is 4.60. The molecule has 3 N–H and O–H groups in total. The van der Waals surface area contributed by atoms with E-state index >= 15 is 0 Å². The highest BCUT2D eigenvalue weighted by Crippen LogP contribution is 2.39. The first-order valence-corrected chi connectivity index (χ1v) is 9.60. The van der Waals surface area contributed by atoms with E-state index in [-0.39, 0.29) is 54.2 Å². The number of carbonyl (C=O) groups excluding carboxylic acids is 1. The van der Waals surface area contributed by atoms with Crippen molar-refractivity contribution in [2.24, 2.45) is 11.3 Å². The number of carbonyl (C=O) groups is 1. The van der Waals surface area contributed by atoms with E-state index < -0.39 is 0 Å². The second kappa shape index (κ2) is 9.40. The maximum Gasteiger partial charge on any atom is 0.226 e. The van der Waals surface area contributed by atoms with Crippen molar-refractivity contribution in [2.45, 2.75) is 44.8 Å². The minimum absolute atomic E-state index is 0. The minimum Gasteiger partial charge on any atom is -0.393 e. The zero-order valence-corrected chi connectivity index (χ0v) is 17.7. The molecule has 1 saturated heterocycles. The van der Waals surface area contributed by atoms with E-state index in [0.717, 1.165) is 55.2 Å². The van der Waals surface area contributed by atoms with Crippen LogP contribution in [0.4, 0.5) is 0 Å². The Morgan fingerprint density at radius 2 is 1.93 bits per heavy atom. The summed E-state index contributed by atoms with van der Waals surface area (Å²) in [6.07, 6.45) is 4.81. The Kier molecular flexibility index (Phi) is 7.68. The van der Waals surface area contributed by atoms with Gasteiger partial charge in [-0.1, -0.05) is 25.1 Å². The lowest BCUT2D eigenvalue weighted by Crippen LogP contribution is -2.49. The van der Waals surface area contributed by atoms with E-state index in [1.165, 1.54) is 0 Å². The number of halogens is 2. The molecule has 1 amide bonds. The molecule has 0 radical (unpaired) electrons. The van der Waals surface area contributed by atoms with E-state index in [2.05, 4.69) is 34.7 Å². The summed E-state index contributed by atoms with van der Waals surface area (Å²) in [7, 11) is 0. The van der Waals surface area contributed by atoms with Gasteiger partial charge in [-0.05, 0) is 62.4 Å². The molecule has 1 aliphatic heterocycles. The molecule has 2 aliphatic rings. The molecule has 28 heavy (non-hydrogen) atoms. The third-order valence-electron chi connectivity index (χ3n) is 6.13. The van der Waals surface area contributed by atoms with Gasteiger partial charge in [-0.15, -0.1) is 24.8 Å². The van der Waals surface area contributed by atoms with Crippen molar-refractivity contribution in [3.63, 3.8) is 0 Å². The molecule has 7 heteroatoms. The van der Waals surface area contributed by atoms with Gasteiger partial charge < -0.3 is 15.7 Å². The molecule has 2 fully saturated rings. The molecule has 5 nitrogen and oxygen atoms in total. The van der Waals surface area contributed by atoms with Gasteiger partial charge in [0.1, 0.15) is 0 Å². The molecule has 4 rings (SSSR count). The number of para-hydroxylation sites is 1. The lowest BCUT2D eigenvalue weighted by Gasteiger charge is -2.41. The van der Waals surface area contributed by atoms with Crippen molar-refractivity contribution in [1.82, 2.24) is 15.6 Å². The number of aromatic nitrogens is 1. The van der Waals surface area contributed by atoms with Crippen molar-refractivity contribution in [3.8, 4) is 0 Å². The zero-order chi connectivity index (χ0) is 18.1. The summed E-state index contributed by atoms with van der Waals surface area (Å²) in [4.78, 5) is 17.6. The van der Waals surface area contributed by atoms with Gasteiger partial charge >= 0.3 is 0 Å². The summed E-state index contributed by atoms with van der Waals surface area (Å²) in [6, 6.07) is 10.1. The zero-order valence-electron chi connectivity index (χ0n) is 16.1. The minimum atomic E-state index is -0.323. The largest absolute Gasteiger partial charge is 0.393 e. The topological polar surface area (TPSA) is 74.2 Å². The van der Waals surface area contributed by atoms with Gasteiger partial charge in [0, 0.05) is 17.0 Å². The Hall–Kier alpha value is -1.40. The molecule has 154 valence electrons. The van der Waals surface area contributed by atoms with Crippen molar-refractivity contribution >= 4 is 41.6 Å². The highest BCUT2D eigenvalue weighted by atomic mass is 35.5. The first-order valence-electron chi connectivity index (χ1n) is 9.60. The highest BCUT2D eigenvalue weighted by Gasteiger charge is 2.40. The lowest BCUT2D eigenvalue weighted by atomic mass is 9.74. The average molecular weight is 426 g/mol. The third-order valence-corrected chi connectivity index (χ3v) is 6.13. The van der Waals surface area contributed by atoms with Crippen molar-refractivity contribution in [2.75, 3.05) is 13.1 Å². The smallest absolute Gasteiger partial charge is 0.226 e. The summed E-state index contributed by atoms with van der Waals surface area (Å²) >= 11 is 0. The molecule has 1 aromatic carbocycles. The van der Waals surface area contributed by atoms with E-state index in [9.17, 15) is 9.90 Å². The Bertz CT molecular complexity index is 805. The fraction of sp³-hybridized carbons (Fsp3) is 0.524. The van der Waals surface area contributed by atoms with Crippen molar-refractivity contribution < 1.29 is 9.90 Å². The summed E-state index contributed by atoms with van der Waals surface area (Å²) in [5, 5.41) is 17.5. The summed E-state index contributed by atoms with van der Waals surface area (Å²) in [5.74, 6) is 0.390. The van der Waals surface area contributed by atoms with Gasteiger partial charge in [0.25, 0.3) is 0 Å². The second-order valence-corrected chi connectivity index (χ2v) is 8.11. The van der Waals surface area contributed by atoms with Crippen LogP contribution < -0.4 is 10.6 Å². The number of hydrogen-bond donors (Lipinski definition) is 3. The summed E-state index contributed by atoms with van der Waals surface area (Å²) in [5.41, 5.74) is 1.67. The van der Waals surface area contributed by atoms with Crippen LogP contribution in [0.15, 0.2) is 36.5 Å². The van der Waals surface area contributed by atoms with Gasteiger partial charge in [0.05, 0.1) is 17.7 Å². The summed E-state index contributed by atoms with van der Waals surface area (Å²) in [6.45, 7) is 3.83. The Morgan fingerprint density at radius 1 is 1.25 bits per heavy atom. The van der Waals surface area contributed by atoms with Crippen LogP contribution in [0.2, 0.25) is 0 Å². The van der Waals surface area contributed by atoms with Crippen LogP contribution >= 0.6 is 24.8 Å².